The maximum Gasteiger partial charge on any atom is 0.472 e. The van der Waals surface area contributed by atoms with Crippen LogP contribution in [0.5, 0.6) is 0 Å². The highest BCUT2D eigenvalue weighted by Gasteiger charge is 2.30. The minimum Gasteiger partial charge on any atom is -0.462 e. The minimum atomic E-state index is -4.94. The number of ether oxygens (including phenoxy) is 4. The number of aliphatic hydroxyl groups excluding tert-OH is 1. The van der Waals surface area contributed by atoms with Gasteiger partial charge in [0, 0.05) is 25.7 Å². The number of carbonyl (C=O) groups is 4. The first-order valence-corrected chi connectivity index (χ1v) is 36.5. The third-order valence-electron chi connectivity index (χ3n) is 15.1. The summed E-state index contributed by atoms with van der Waals surface area (Å²) in [5.74, 6) is -0.672. The van der Waals surface area contributed by atoms with E-state index in [0.29, 0.717) is 31.6 Å². The summed E-state index contributed by atoms with van der Waals surface area (Å²) in [6.07, 6.45) is 39.4. The molecule has 0 bridgehead atoms. The molecule has 0 rings (SSSR count). The van der Waals surface area contributed by atoms with Crippen molar-refractivity contribution in [1.82, 2.24) is 0 Å². The Labute approximate surface area is 505 Å². The molecule has 83 heavy (non-hydrogen) atoms. The quantitative estimate of drug-likeness (QED) is 0.0222. The molecule has 6 atom stereocenters. The number of carbonyl (C=O) groups excluding carboxylic acids is 4. The van der Waals surface area contributed by atoms with E-state index >= 15 is 0 Å². The van der Waals surface area contributed by atoms with Gasteiger partial charge in [0.15, 0.2) is 12.2 Å². The predicted molar refractivity (Wildman–Crippen MR) is 331 cm³/mol. The smallest absolute Gasteiger partial charge is 0.462 e. The van der Waals surface area contributed by atoms with Gasteiger partial charge in [-0.1, -0.05) is 266 Å². The molecule has 17 nitrogen and oxygen atoms in total. The van der Waals surface area contributed by atoms with E-state index in [1.165, 1.54) is 128 Å². The Morgan fingerprint density at radius 3 is 0.916 bits per heavy atom. The molecule has 0 spiro atoms. The summed E-state index contributed by atoms with van der Waals surface area (Å²) in [4.78, 5) is 72.0. The van der Waals surface area contributed by atoms with E-state index in [1.54, 1.807) is 0 Å². The van der Waals surface area contributed by atoms with Crippen molar-refractivity contribution in [3.05, 3.63) is 0 Å². The lowest BCUT2D eigenvalue weighted by Gasteiger charge is -2.21. The highest BCUT2D eigenvalue weighted by molar-refractivity contribution is 7.47. The molecular formula is C64H124O17P2. The van der Waals surface area contributed by atoms with Crippen molar-refractivity contribution >= 4 is 39.5 Å². The summed E-state index contributed by atoms with van der Waals surface area (Å²) in [5.41, 5.74) is 0. The Morgan fingerprint density at radius 1 is 0.349 bits per heavy atom. The first kappa shape index (κ1) is 81.1. The lowest BCUT2D eigenvalue weighted by molar-refractivity contribution is -0.161. The largest absolute Gasteiger partial charge is 0.472 e. The van der Waals surface area contributed by atoms with Crippen LogP contribution in [0.15, 0.2) is 0 Å². The van der Waals surface area contributed by atoms with Crippen LogP contribution in [0.1, 0.15) is 318 Å². The highest BCUT2D eigenvalue weighted by atomic mass is 31.2. The molecule has 3 unspecified atom stereocenters. The number of rotatable bonds is 63. The first-order chi connectivity index (χ1) is 39.9. The molecule has 492 valence electrons. The summed E-state index contributed by atoms with van der Waals surface area (Å²) in [5, 5.41) is 10.5. The molecule has 0 fully saturated rings. The van der Waals surface area contributed by atoms with Gasteiger partial charge in [0.2, 0.25) is 0 Å². The van der Waals surface area contributed by atoms with Crippen LogP contribution in [0.4, 0.5) is 0 Å². The second-order valence-electron chi connectivity index (χ2n) is 23.9. The lowest BCUT2D eigenvalue weighted by Crippen LogP contribution is -2.30. The highest BCUT2D eigenvalue weighted by Crippen LogP contribution is 2.45. The Bertz CT molecular complexity index is 1630. The molecule has 0 aliphatic carbocycles. The zero-order valence-electron chi connectivity index (χ0n) is 53.5. The van der Waals surface area contributed by atoms with Crippen LogP contribution in [0, 0.1) is 11.8 Å². The van der Waals surface area contributed by atoms with Crippen LogP contribution >= 0.6 is 15.6 Å². The standard InChI is InChI=1S/C64H124O17P2/c1-7-10-12-14-15-16-17-18-19-20-21-22-23-30-36-42-48-63(68)81-60(53-75-62(67)47-41-35-29-25-24-28-34-39-45-57(6)9-3)55-79-83(72,73)77-51-58(65)50-76-82(70,71)78-54-59(52-74-61(66)46-40-32-13-11-8-2)80-64(69)49-43-37-31-26-27-33-38-44-56(4)5/h56-60,65H,7-55H2,1-6H3,(H,70,71)(H,72,73)/t57?,58-,59+,60+/m0/s1. The van der Waals surface area contributed by atoms with Crippen molar-refractivity contribution in [2.75, 3.05) is 39.6 Å². The van der Waals surface area contributed by atoms with Crippen molar-refractivity contribution in [2.45, 2.75) is 336 Å². The Balaban J connectivity index is 5.18. The zero-order chi connectivity index (χ0) is 61.5. The molecular weight excluding hydrogens is 1100 g/mol. The molecule has 3 N–H and O–H groups in total. The molecule has 0 aromatic carbocycles. The summed E-state index contributed by atoms with van der Waals surface area (Å²) in [7, 11) is -9.88. The monoisotopic (exact) mass is 1230 g/mol. The maximum absolute atomic E-state index is 13.0. The van der Waals surface area contributed by atoms with Gasteiger partial charge in [0.25, 0.3) is 0 Å². The zero-order valence-corrected chi connectivity index (χ0v) is 55.3. The number of esters is 4. The van der Waals surface area contributed by atoms with Crippen LogP contribution < -0.4 is 0 Å². The van der Waals surface area contributed by atoms with E-state index in [4.69, 9.17) is 37.0 Å². The van der Waals surface area contributed by atoms with Gasteiger partial charge in [0.05, 0.1) is 26.4 Å². The maximum atomic E-state index is 13.0. The SMILES string of the molecule is CCCCCCCCCCCCCCCCCCC(=O)O[C@H](COC(=O)CCCCCCCCCCC(C)CC)COP(=O)(O)OC[C@@H](O)COP(=O)(O)OC[C@@H](COC(=O)CCCCCCC)OC(=O)CCCCCCCCCC(C)C. The van der Waals surface area contributed by atoms with Gasteiger partial charge in [-0.05, 0) is 37.5 Å². The van der Waals surface area contributed by atoms with E-state index in [1.807, 2.05) is 0 Å². The van der Waals surface area contributed by atoms with Crippen molar-refractivity contribution in [3.63, 3.8) is 0 Å². The van der Waals surface area contributed by atoms with Crippen molar-refractivity contribution in [1.29, 1.82) is 0 Å². The summed E-state index contributed by atoms with van der Waals surface area (Å²) in [6, 6.07) is 0. The molecule has 0 saturated carbocycles. The molecule has 0 saturated heterocycles. The summed E-state index contributed by atoms with van der Waals surface area (Å²) in [6.45, 7) is 9.35. The number of phosphoric ester groups is 2. The molecule has 0 aliphatic rings. The normalized spacial score (nSPS) is 14.6. The van der Waals surface area contributed by atoms with Gasteiger partial charge < -0.3 is 33.8 Å². The second kappa shape index (κ2) is 56.6. The van der Waals surface area contributed by atoms with E-state index in [-0.39, 0.29) is 25.7 Å². The number of hydrogen-bond donors (Lipinski definition) is 3. The third kappa shape index (κ3) is 57.6. The summed E-state index contributed by atoms with van der Waals surface area (Å²) >= 11 is 0. The van der Waals surface area contributed by atoms with Crippen LogP contribution in [0.2, 0.25) is 0 Å². The predicted octanol–water partition coefficient (Wildman–Crippen LogP) is 17.7. The fourth-order valence-corrected chi connectivity index (χ4v) is 11.1. The van der Waals surface area contributed by atoms with Crippen molar-refractivity contribution in [2.24, 2.45) is 11.8 Å². The van der Waals surface area contributed by atoms with Crippen molar-refractivity contribution < 1.29 is 80.2 Å². The third-order valence-corrected chi connectivity index (χ3v) is 17.0. The Morgan fingerprint density at radius 2 is 0.614 bits per heavy atom. The summed E-state index contributed by atoms with van der Waals surface area (Å²) < 4.78 is 67.8. The molecule has 0 aromatic rings. The number of phosphoric acid groups is 2. The van der Waals surface area contributed by atoms with E-state index in [9.17, 15) is 43.2 Å². The van der Waals surface area contributed by atoms with E-state index < -0.39 is 97.5 Å². The number of unbranched alkanes of at least 4 members (excludes halogenated alkanes) is 32. The van der Waals surface area contributed by atoms with E-state index in [2.05, 4.69) is 41.5 Å². The van der Waals surface area contributed by atoms with Gasteiger partial charge >= 0.3 is 39.5 Å². The van der Waals surface area contributed by atoms with Crippen LogP contribution in [-0.2, 0) is 65.4 Å². The van der Waals surface area contributed by atoms with Crippen LogP contribution in [-0.4, -0.2) is 96.7 Å². The van der Waals surface area contributed by atoms with Gasteiger partial charge in [-0.3, -0.25) is 37.3 Å². The number of hydrogen-bond acceptors (Lipinski definition) is 15. The Kier molecular flexibility index (Phi) is 55.2. The van der Waals surface area contributed by atoms with Gasteiger partial charge in [-0.25, -0.2) is 9.13 Å². The topological polar surface area (TPSA) is 237 Å². The molecule has 0 amide bonds. The second-order valence-corrected chi connectivity index (χ2v) is 26.8. The first-order valence-electron chi connectivity index (χ1n) is 33.5. The van der Waals surface area contributed by atoms with Crippen molar-refractivity contribution in [3.8, 4) is 0 Å². The molecule has 19 heteroatoms. The molecule has 0 aromatic heterocycles. The number of aliphatic hydroxyl groups is 1. The fourth-order valence-electron chi connectivity index (χ4n) is 9.50. The average Bonchev–Trinajstić information content (AvgIpc) is 3.47. The molecule has 0 radical (unpaired) electrons. The Hall–Kier alpha value is -1.94. The van der Waals surface area contributed by atoms with Crippen LogP contribution in [0.3, 0.4) is 0 Å². The lowest BCUT2D eigenvalue weighted by atomic mass is 9.99. The molecule has 0 heterocycles. The average molecular weight is 1230 g/mol. The molecule has 0 aliphatic heterocycles. The van der Waals surface area contributed by atoms with Crippen LogP contribution in [0.25, 0.3) is 0 Å². The fraction of sp³-hybridized carbons (Fsp3) is 0.938. The van der Waals surface area contributed by atoms with E-state index in [0.717, 1.165) is 102 Å². The van der Waals surface area contributed by atoms with Gasteiger partial charge in [-0.15, -0.1) is 0 Å². The van der Waals surface area contributed by atoms with Gasteiger partial charge in [0.1, 0.15) is 19.3 Å². The van der Waals surface area contributed by atoms with Gasteiger partial charge in [-0.2, -0.15) is 0 Å². The minimum absolute atomic E-state index is 0.102.